The maximum atomic E-state index is 12.2. The second-order valence-corrected chi connectivity index (χ2v) is 7.08. The first-order valence-corrected chi connectivity index (χ1v) is 9.03. The summed E-state index contributed by atoms with van der Waals surface area (Å²) < 4.78 is 1.00. The molecule has 1 aromatic carbocycles. The maximum absolute atomic E-state index is 12.2. The van der Waals surface area contributed by atoms with E-state index in [0.29, 0.717) is 0 Å². The zero-order chi connectivity index (χ0) is 18.0. The van der Waals surface area contributed by atoms with Crippen LogP contribution in [0.4, 0.5) is 0 Å². The highest BCUT2D eigenvalue weighted by Gasteiger charge is 2.16. The molecule has 25 heavy (non-hydrogen) atoms. The summed E-state index contributed by atoms with van der Waals surface area (Å²) in [4.78, 5) is 24.2. The fourth-order valence-corrected chi connectivity index (χ4v) is 3.36. The Kier molecular flexibility index (Phi) is 5.45. The molecule has 0 saturated heterocycles. The number of rotatable bonds is 4. The van der Waals surface area contributed by atoms with Crippen LogP contribution < -0.4 is 10.9 Å². The molecule has 0 fully saturated rings. The summed E-state index contributed by atoms with van der Waals surface area (Å²) in [6, 6.07) is 6.22. The zero-order valence-electron chi connectivity index (χ0n) is 13.9. The smallest absolute Gasteiger partial charge is 0.287 e. The third kappa shape index (κ3) is 4.05. The average molecular weight is 380 g/mol. The molecule has 0 bridgehead atoms. The molecule has 1 aliphatic rings. The van der Waals surface area contributed by atoms with Crippen molar-refractivity contribution in [3.05, 3.63) is 61.5 Å². The van der Waals surface area contributed by atoms with Gasteiger partial charge in [-0.15, -0.1) is 0 Å². The minimum absolute atomic E-state index is 0.0748. The molecule has 1 amide bonds. The Labute approximate surface area is 155 Å². The van der Waals surface area contributed by atoms with Crippen LogP contribution in [0.15, 0.2) is 29.2 Å². The van der Waals surface area contributed by atoms with Crippen LogP contribution in [0.3, 0.4) is 0 Å². The Morgan fingerprint density at radius 3 is 2.76 bits per heavy atom. The summed E-state index contributed by atoms with van der Waals surface area (Å²) in [5.41, 5.74) is 3.25. The van der Waals surface area contributed by atoms with Gasteiger partial charge in [-0.05, 0) is 49.3 Å². The zero-order valence-corrected chi connectivity index (χ0v) is 15.4. The molecule has 1 N–H and O–H groups in total. The first kappa shape index (κ1) is 18.0. The molecule has 2 aromatic rings. The second kappa shape index (κ2) is 7.58. The van der Waals surface area contributed by atoms with Gasteiger partial charge < -0.3 is 5.32 Å². The fourth-order valence-electron chi connectivity index (χ4n) is 3.09. The highest BCUT2D eigenvalue weighted by Crippen LogP contribution is 2.24. The van der Waals surface area contributed by atoms with Crippen LogP contribution in [0, 0.1) is 0 Å². The Morgan fingerprint density at radius 1 is 1.28 bits per heavy atom. The number of fused-ring (bicyclic) bond motifs is 1. The topological polar surface area (TPSA) is 64.0 Å². The number of carbonyl (C=O) groups excluding carboxylic acids is 1. The van der Waals surface area contributed by atoms with Crippen molar-refractivity contribution in [1.82, 2.24) is 15.1 Å². The van der Waals surface area contributed by atoms with Crippen LogP contribution in [0.2, 0.25) is 10.0 Å². The van der Waals surface area contributed by atoms with E-state index in [1.165, 1.54) is 30.2 Å². The molecule has 7 heteroatoms. The quantitative estimate of drug-likeness (QED) is 0.885. The van der Waals surface area contributed by atoms with Crippen molar-refractivity contribution in [3.8, 4) is 0 Å². The largest absolute Gasteiger partial charge is 0.348 e. The minimum atomic E-state index is -0.578. The van der Waals surface area contributed by atoms with Gasteiger partial charge in [-0.25, -0.2) is 4.68 Å². The number of amides is 1. The SMILES string of the molecule is C[C@H](NC(=O)Cn1ncc(Cl)c(Cl)c1=O)c1ccc2c(c1)CCCC2. The van der Waals surface area contributed by atoms with Gasteiger partial charge >= 0.3 is 0 Å². The van der Waals surface area contributed by atoms with Crippen LogP contribution in [-0.4, -0.2) is 15.7 Å². The standard InChI is InChI=1S/C18H19Cl2N3O2/c1-11(13-7-6-12-4-2-3-5-14(12)8-13)22-16(24)10-23-18(25)17(20)15(19)9-21-23/h6-9,11H,2-5,10H2,1H3,(H,22,24)/t11-/m0/s1. The molecule has 3 rings (SSSR count). The molecule has 1 aromatic heterocycles. The first-order valence-electron chi connectivity index (χ1n) is 8.28. The number of nitrogens with one attached hydrogen (secondary N) is 1. The lowest BCUT2D eigenvalue weighted by atomic mass is 9.89. The Morgan fingerprint density at radius 2 is 2.00 bits per heavy atom. The van der Waals surface area contributed by atoms with Gasteiger partial charge in [0.15, 0.2) is 0 Å². The van der Waals surface area contributed by atoms with E-state index in [0.717, 1.165) is 23.1 Å². The predicted octanol–water partition coefficient (Wildman–Crippen LogP) is 3.31. The molecular weight excluding hydrogens is 361 g/mol. The van der Waals surface area contributed by atoms with Crippen LogP contribution in [0.5, 0.6) is 0 Å². The van der Waals surface area contributed by atoms with Gasteiger partial charge in [0.1, 0.15) is 11.6 Å². The number of nitrogens with zero attached hydrogens (tertiary/aromatic N) is 2. The second-order valence-electron chi connectivity index (χ2n) is 6.29. The van der Waals surface area contributed by atoms with Crippen molar-refractivity contribution < 1.29 is 4.79 Å². The van der Waals surface area contributed by atoms with E-state index in [1.807, 2.05) is 6.92 Å². The highest BCUT2D eigenvalue weighted by molar-refractivity contribution is 6.41. The monoisotopic (exact) mass is 379 g/mol. The van der Waals surface area contributed by atoms with Gasteiger partial charge in [-0.2, -0.15) is 5.10 Å². The molecule has 5 nitrogen and oxygen atoms in total. The summed E-state index contributed by atoms with van der Waals surface area (Å²) in [6.07, 6.45) is 5.92. The van der Waals surface area contributed by atoms with Gasteiger partial charge in [0, 0.05) is 0 Å². The third-order valence-corrected chi connectivity index (χ3v) is 5.23. The minimum Gasteiger partial charge on any atom is -0.348 e. The molecule has 0 unspecified atom stereocenters. The van der Waals surface area contributed by atoms with Gasteiger partial charge in [0.2, 0.25) is 5.91 Å². The van der Waals surface area contributed by atoms with E-state index in [4.69, 9.17) is 23.2 Å². The number of aryl methyl sites for hydroxylation is 2. The number of halogens is 2. The summed E-state index contributed by atoms with van der Waals surface area (Å²) >= 11 is 11.5. The Balaban J connectivity index is 1.69. The summed E-state index contributed by atoms with van der Waals surface area (Å²) in [5, 5.41) is 6.68. The summed E-state index contributed by atoms with van der Waals surface area (Å²) in [7, 11) is 0. The van der Waals surface area contributed by atoms with Crippen molar-refractivity contribution in [2.45, 2.75) is 45.2 Å². The highest BCUT2D eigenvalue weighted by atomic mass is 35.5. The lowest BCUT2D eigenvalue weighted by molar-refractivity contribution is -0.122. The number of hydrogen-bond donors (Lipinski definition) is 1. The van der Waals surface area contributed by atoms with Crippen molar-refractivity contribution in [3.63, 3.8) is 0 Å². The van der Waals surface area contributed by atoms with Gasteiger partial charge in [-0.1, -0.05) is 41.4 Å². The van der Waals surface area contributed by atoms with Crippen molar-refractivity contribution in [2.75, 3.05) is 0 Å². The van der Waals surface area contributed by atoms with Crippen LogP contribution in [0.25, 0.3) is 0 Å². The number of carbonyl (C=O) groups is 1. The van der Waals surface area contributed by atoms with Crippen molar-refractivity contribution in [1.29, 1.82) is 0 Å². The van der Waals surface area contributed by atoms with Crippen molar-refractivity contribution >= 4 is 29.1 Å². The number of benzene rings is 1. The Bertz CT molecular complexity index is 864. The molecule has 0 radical (unpaired) electrons. The normalized spacial score (nSPS) is 14.7. The molecular formula is C18H19Cl2N3O2. The first-order chi connectivity index (χ1) is 12.0. The van der Waals surface area contributed by atoms with E-state index in [9.17, 15) is 9.59 Å². The molecule has 0 saturated carbocycles. The lowest BCUT2D eigenvalue weighted by Gasteiger charge is -2.20. The van der Waals surface area contributed by atoms with Crippen molar-refractivity contribution in [2.24, 2.45) is 0 Å². The van der Waals surface area contributed by atoms with E-state index >= 15 is 0 Å². The molecule has 0 spiro atoms. The van der Waals surface area contributed by atoms with Gasteiger partial charge in [0.25, 0.3) is 5.56 Å². The molecule has 132 valence electrons. The maximum Gasteiger partial charge on any atom is 0.287 e. The average Bonchev–Trinajstić information content (AvgIpc) is 2.61. The fraction of sp³-hybridized carbons (Fsp3) is 0.389. The van der Waals surface area contributed by atoms with Gasteiger partial charge in [0.05, 0.1) is 17.3 Å². The molecule has 1 heterocycles. The van der Waals surface area contributed by atoms with E-state index < -0.39 is 5.56 Å². The number of hydrogen-bond acceptors (Lipinski definition) is 3. The van der Waals surface area contributed by atoms with Crippen LogP contribution in [0.1, 0.15) is 42.5 Å². The number of aromatic nitrogens is 2. The predicted molar refractivity (Wildman–Crippen MR) is 98.2 cm³/mol. The van der Waals surface area contributed by atoms with E-state index in [1.54, 1.807) is 0 Å². The van der Waals surface area contributed by atoms with Crippen LogP contribution in [-0.2, 0) is 24.2 Å². The van der Waals surface area contributed by atoms with E-state index in [2.05, 4.69) is 28.6 Å². The van der Waals surface area contributed by atoms with Gasteiger partial charge in [-0.3, -0.25) is 9.59 Å². The molecule has 1 aliphatic carbocycles. The summed E-state index contributed by atoms with van der Waals surface area (Å²) in [5.74, 6) is -0.307. The third-order valence-electron chi connectivity index (χ3n) is 4.49. The summed E-state index contributed by atoms with van der Waals surface area (Å²) in [6.45, 7) is 1.72. The lowest BCUT2D eigenvalue weighted by Crippen LogP contribution is -2.35. The Hall–Kier alpha value is -1.85. The van der Waals surface area contributed by atoms with E-state index in [-0.39, 0.29) is 28.5 Å². The van der Waals surface area contributed by atoms with Crippen LogP contribution >= 0.6 is 23.2 Å². The molecule has 0 aliphatic heterocycles. The molecule has 1 atom stereocenters.